The molecule has 0 aliphatic carbocycles. The van der Waals surface area contributed by atoms with Gasteiger partial charge in [-0.2, -0.15) is 0 Å². The van der Waals surface area contributed by atoms with Gasteiger partial charge in [0.15, 0.2) is 0 Å². The van der Waals surface area contributed by atoms with Crippen molar-refractivity contribution in [3.8, 4) is 0 Å². The first-order valence-corrected chi connectivity index (χ1v) is 6.70. The fourth-order valence-corrected chi connectivity index (χ4v) is 2.26. The first-order valence-electron chi connectivity index (χ1n) is 5.10. The molecule has 2 aromatic rings. The van der Waals surface area contributed by atoms with Crippen LogP contribution in [0.25, 0.3) is 0 Å². The largest absolute Gasteiger partial charge is 0.339 e. The molecular formula is C12H12ClN3S. The molecule has 3 nitrogen and oxygen atoms in total. The number of halogens is 1. The van der Waals surface area contributed by atoms with Crippen LogP contribution >= 0.6 is 23.4 Å². The Bertz CT molecular complexity index is 511. The smallest absolute Gasteiger partial charge is 0.224 e. The molecule has 0 saturated heterocycles. The van der Waals surface area contributed by atoms with E-state index in [1.54, 1.807) is 11.8 Å². The van der Waals surface area contributed by atoms with Crippen molar-refractivity contribution in [1.29, 1.82) is 0 Å². The molecule has 0 unspecified atom stereocenters. The third kappa shape index (κ3) is 3.11. The molecule has 88 valence electrons. The highest BCUT2D eigenvalue weighted by Crippen LogP contribution is 2.27. The molecule has 0 spiro atoms. The number of nitrogens with zero attached hydrogens (tertiary/aromatic N) is 2. The molecule has 0 saturated carbocycles. The van der Waals surface area contributed by atoms with Crippen molar-refractivity contribution in [2.45, 2.75) is 11.8 Å². The van der Waals surface area contributed by atoms with Gasteiger partial charge in [-0.05, 0) is 36.9 Å². The molecule has 1 heterocycles. The number of rotatable bonds is 3. The van der Waals surface area contributed by atoms with E-state index in [9.17, 15) is 0 Å². The number of hydrogen-bond acceptors (Lipinski definition) is 4. The van der Waals surface area contributed by atoms with Crippen LogP contribution < -0.4 is 5.32 Å². The summed E-state index contributed by atoms with van der Waals surface area (Å²) in [7, 11) is 0. The number of aromatic nitrogens is 2. The van der Waals surface area contributed by atoms with Gasteiger partial charge in [0, 0.05) is 16.7 Å². The molecule has 0 amide bonds. The highest BCUT2D eigenvalue weighted by atomic mass is 35.5. The van der Waals surface area contributed by atoms with Gasteiger partial charge < -0.3 is 5.32 Å². The van der Waals surface area contributed by atoms with Crippen LogP contribution in [0, 0.1) is 6.92 Å². The monoisotopic (exact) mass is 265 g/mol. The molecule has 0 radical (unpaired) electrons. The topological polar surface area (TPSA) is 37.8 Å². The van der Waals surface area contributed by atoms with E-state index in [1.807, 2.05) is 37.4 Å². The lowest BCUT2D eigenvalue weighted by molar-refractivity contribution is 1.10. The van der Waals surface area contributed by atoms with Gasteiger partial charge in [0.1, 0.15) is 5.82 Å². The van der Waals surface area contributed by atoms with E-state index in [0.717, 1.165) is 11.4 Å². The molecule has 0 atom stereocenters. The van der Waals surface area contributed by atoms with Crippen molar-refractivity contribution in [3.63, 3.8) is 0 Å². The molecular weight excluding hydrogens is 254 g/mol. The Morgan fingerprint density at radius 1 is 1.24 bits per heavy atom. The maximum absolute atomic E-state index is 5.82. The fourth-order valence-electron chi connectivity index (χ4n) is 1.48. The number of hydrogen-bond donors (Lipinski definition) is 1. The zero-order valence-corrected chi connectivity index (χ0v) is 11.1. The molecule has 0 bridgehead atoms. The highest BCUT2D eigenvalue weighted by molar-refractivity contribution is 7.98. The van der Waals surface area contributed by atoms with Crippen LogP contribution in [0.2, 0.25) is 5.28 Å². The summed E-state index contributed by atoms with van der Waals surface area (Å²) < 4.78 is 0. The van der Waals surface area contributed by atoms with Crippen LogP contribution in [0.3, 0.4) is 0 Å². The van der Waals surface area contributed by atoms with Crippen LogP contribution in [0.5, 0.6) is 0 Å². The van der Waals surface area contributed by atoms with Gasteiger partial charge in [0.2, 0.25) is 5.28 Å². The first kappa shape index (κ1) is 12.2. The third-order valence-electron chi connectivity index (χ3n) is 2.20. The van der Waals surface area contributed by atoms with Crippen molar-refractivity contribution in [1.82, 2.24) is 9.97 Å². The predicted octanol–water partition coefficient (Wildman–Crippen LogP) is 3.90. The summed E-state index contributed by atoms with van der Waals surface area (Å²) in [5, 5.41) is 3.51. The molecule has 2 rings (SSSR count). The quantitative estimate of drug-likeness (QED) is 0.675. The van der Waals surface area contributed by atoms with Crippen LogP contribution in [0.15, 0.2) is 35.2 Å². The molecule has 17 heavy (non-hydrogen) atoms. The van der Waals surface area contributed by atoms with E-state index in [2.05, 4.69) is 21.4 Å². The molecule has 1 aromatic carbocycles. The number of aryl methyl sites for hydroxylation is 1. The summed E-state index contributed by atoms with van der Waals surface area (Å²) in [5.41, 5.74) is 1.86. The number of anilines is 2. The average molecular weight is 266 g/mol. The van der Waals surface area contributed by atoms with Crippen LogP contribution in [0.1, 0.15) is 5.69 Å². The van der Waals surface area contributed by atoms with Crippen molar-refractivity contribution in [3.05, 3.63) is 41.3 Å². The molecule has 1 N–H and O–H groups in total. The number of nitrogens with one attached hydrogen (secondary N) is 1. The Labute approximate surface area is 110 Å². The second kappa shape index (κ2) is 5.38. The highest BCUT2D eigenvalue weighted by Gasteiger charge is 2.03. The van der Waals surface area contributed by atoms with Gasteiger partial charge in [-0.1, -0.05) is 12.1 Å². The lowest BCUT2D eigenvalue weighted by atomic mass is 10.3. The second-order valence-corrected chi connectivity index (χ2v) is 4.68. The molecule has 0 aliphatic heterocycles. The Morgan fingerprint density at radius 3 is 2.71 bits per heavy atom. The van der Waals surface area contributed by atoms with Gasteiger partial charge in [-0.25, -0.2) is 9.97 Å². The Balaban J connectivity index is 2.31. The normalized spacial score (nSPS) is 10.3. The zero-order chi connectivity index (χ0) is 12.3. The van der Waals surface area contributed by atoms with E-state index in [4.69, 9.17) is 11.6 Å². The zero-order valence-electron chi connectivity index (χ0n) is 9.57. The van der Waals surface area contributed by atoms with Crippen LogP contribution in [-0.4, -0.2) is 16.2 Å². The fraction of sp³-hybridized carbons (Fsp3) is 0.167. The summed E-state index contributed by atoms with van der Waals surface area (Å²) >= 11 is 7.51. The number of benzene rings is 1. The van der Waals surface area contributed by atoms with E-state index in [0.29, 0.717) is 5.82 Å². The van der Waals surface area contributed by atoms with Crippen molar-refractivity contribution in [2.75, 3.05) is 11.6 Å². The first-order chi connectivity index (χ1) is 8.19. The minimum Gasteiger partial charge on any atom is -0.339 e. The molecule has 1 aromatic heterocycles. The molecule has 0 aliphatic rings. The van der Waals surface area contributed by atoms with Gasteiger partial charge >= 0.3 is 0 Å². The maximum atomic E-state index is 5.82. The average Bonchev–Trinajstić information content (AvgIpc) is 2.28. The summed E-state index contributed by atoms with van der Waals surface area (Å²) in [6.07, 6.45) is 2.04. The summed E-state index contributed by atoms with van der Waals surface area (Å²) in [4.78, 5) is 9.33. The Kier molecular flexibility index (Phi) is 3.86. The maximum Gasteiger partial charge on any atom is 0.224 e. The number of para-hydroxylation sites is 1. The summed E-state index contributed by atoms with van der Waals surface area (Å²) in [6.45, 7) is 1.89. The van der Waals surface area contributed by atoms with Crippen LogP contribution in [0.4, 0.5) is 11.5 Å². The predicted molar refractivity (Wildman–Crippen MR) is 73.3 cm³/mol. The Morgan fingerprint density at radius 2 is 2.00 bits per heavy atom. The molecule has 5 heteroatoms. The SMILES string of the molecule is CSc1ccccc1Nc1cc(C)nc(Cl)n1. The Hall–Kier alpha value is -1.26. The minimum atomic E-state index is 0.258. The standard InChI is InChI=1S/C12H12ClN3S/c1-8-7-11(16-12(13)14-8)15-9-5-3-4-6-10(9)17-2/h3-7H,1-2H3,(H,14,15,16). The lowest BCUT2D eigenvalue weighted by Gasteiger charge is -2.09. The van der Waals surface area contributed by atoms with Crippen LogP contribution in [-0.2, 0) is 0 Å². The van der Waals surface area contributed by atoms with Gasteiger partial charge in [-0.3, -0.25) is 0 Å². The third-order valence-corrected chi connectivity index (χ3v) is 3.16. The second-order valence-electron chi connectivity index (χ2n) is 3.49. The van der Waals surface area contributed by atoms with Crippen molar-refractivity contribution >= 4 is 34.9 Å². The summed E-state index contributed by atoms with van der Waals surface area (Å²) in [6, 6.07) is 9.93. The lowest BCUT2D eigenvalue weighted by Crippen LogP contribution is -1.97. The van der Waals surface area contributed by atoms with Crippen molar-refractivity contribution in [2.24, 2.45) is 0 Å². The van der Waals surface area contributed by atoms with E-state index in [1.165, 1.54) is 4.90 Å². The van der Waals surface area contributed by atoms with Gasteiger partial charge in [-0.15, -0.1) is 11.8 Å². The summed E-state index contributed by atoms with van der Waals surface area (Å²) in [5.74, 6) is 0.712. The van der Waals surface area contributed by atoms with E-state index < -0.39 is 0 Å². The van der Waals surface area contributed by atoms with Gasteiger partial charge in [0.05, 0.1) is 5.69 Å². The van der Waals surface area contributed by atoms with Crippen molar-refractivity contribution < 1.29 is 0 Å². The number of thioether (sulfide) groups is 1. The van der Waals surface area contributed by atoms with E-state index >= 15 is 0 Å². The van der Waals surface area contributed by atoms with Gasteiger partial charge in [0.25, 0.3) is 0 Å². The minimum absolute atomic E-state index is 0.258. The molecule has 0 fully saturated rings. The van der Waals surface area contributed by atoms with E-state index in [-0.39, 0.29) is 5.28 Å².